The van der Waals surface area contributed by atoms with Crippen LogP contribution in [0.15, 0.2) is 16.6 Å². The fraction of sp³-hybridized carbons (Fsp3) is 0.533. The van der Waals surface area contributed by atoms with Gasteiger partial charge in [0, 0.05) is 36.3 Å². The highest BCUT2D eigenvalue weighted by Crippen LogP contribution is 2.24. The van der Waals surface area contributed by atoms with Gasteiger partial charge in [-0.3, -0.25) is 4.90 Å². The second-order valence-electron chi connectivity index (χ2n) is 5.25. The number of ether oxygens (including phenoxy) is 1. The lowest BCUT2D eigenvalue weighted by Crippen LogP contribution is -2.42. The molecule has 0 aliphatic carbocycles. The van der Waals surface area contributed by atoms with Crippen molar-refractivity contribution in [3.8, 4) is 0 Å². The van der Waals surface area contributed by atoms with Crippen LogP contribution >= 0.6 is 15.9 Å². The molecule has 1 aromatic carbocycles. The molecule has 1 aromatic rings. The first-order valence-electron chi connectivity index (χ1n) is 7.18. The van der Waals surface area contributed by atoms with E-state index in [0.29, 0.717) is 6.54 Å². The molecule has 5 nitrogen and oxygen atoms in total. The van der Waals surface area contributed by atoms with Gasteiger partial charge in [-0.25, -0.2) is 4.79 Å². The summed E-state index contributed by atoms with van der Waals surface area (Å²) in [7, 11) is 0. The topological polar surface area (TPSA) is 53.6 Å². The molecule has 0 saturated carbocycles. The molecule has 1 aliphatic heterocycles. The number of halogens is 1. The van der Waals surface area contributed by atoms with Gasteiger partial charge in [-0.15, -0.1) is 0 Å². The van der Waals surface area contributed by atoms with Gasteiger partial charge in [-0.1, -0.05) is 15.9 Å². The average molecular weight is 356 g/mol. The molecule has 0 unspecified atom stereocenters. The molecular formula is C15H22BrN3O2. The number of morpholine rings is 1. The SMILES string of the molecule is Cc1cc(Br)cc(C)c1NC(=O)NCCN1CCOCC1. The van der Waals surface area contributed by atoms with Crippen LogP contribution in [0.5, 0.6) is 0 Å². The van der Waals surface area contributed by atoms with Crippen LogP contribution < -0.4 is 10.6 Å². The molecule has 1 fully saturated rings. The molecule has 2 rings (SSSR count). The summed E-state index contributed by atoms with van der Waals surface area (Å²) in [6.45, 7) is 8.91. The average Bonchev–Trinajstić information content (AvgIpc) is 2.44. The molecule has 1 saturated heterocycles. The van der Waals surface area contributed by atoms with Gasteiger partial charge in [0.05, 0.1) is 13.2 Å². The minimum absolute atomic E-state index is 0.156. The van der Waals surface area contributed by atoms with Gasteiger partial charge in [0.15, 0.2) is 0 Å². The van der Waals surface area contributed by atoms with Crippen molar-refractivity contribution in [2.24, 2.45) is 0 Å². The molecule has 116 valence electrons. The van der Waals surface area contributed by atoms with Crippen molar-refractivity contribution in [1.82, 2.24) is 10.2 Å². The Morgan fingerprint density at radius 1 is 1.29 bits per heavy atom. The van der Waals surface area contributed by atoms with E-state index in [1.165, 1.54) is 0 Å². The lowest BCUT2D eigenvalue weighted by Gasteiger charge is -2.26. The predicted molar refractivity (Wildman–Crippen MR) is 87.9 cm³/mol. The van der Waals surface area contributed by atoms with Gasteiger partial charge < -0.3 is 15.4 Å². The fourth-order valence-corrected chi connectivity index (χ4v) is 3.10. The Hall–Kier alpha value is -1.11. The van der Waals surface area contributed by atoms with Crippen LogP contribution in [0.1, 0.15) is 11.1 Å². The Bertz CT molecular complexity index is 479. The third-order valence-corrected chi connectivity index (χ3v) is 4.01. The number of hydrogen-bond acceptors (Lipinski definition) is 3. The molecule has 21 heavy (non-hydrogen) atoms. The summed E-state index contributed by atoms with van der Waals surface area (Å²) in [5.41, 5.74) is 2.97. The summed E-state index contributed by atoms with van der Waals surface area (Å²) in [5.74, 6) is 0. The summed E-state index contributed by atoms with van der Waals surface area (Å²) < 4.78 is 6.32. The Kier molecular flexibility index (Phi) is 6.02. The minimum atomic E-state index is -0.156. The van der Waals surface area contributed by atoms with Crippen molar-refractivity contribution in [3.05, 3.63) is 27.7 Å². The predicted octanol–water partition coefficient (Wildman–Crippen LogP) is 2.52. The van der Waals surface area contributed by atoms with E-state index in [-0.39, 0.29) is 6.03 Å². The zero-order valence-corrected chi connectivity index (χ0v) is 14.1. The normalized spacial score (nSPS) is 15.8. The van der Waals surface area contributed by atoms with Gasteiger partial charge in [0.25, 0.3) is 0 Å². The highest BCUT2D eigenvalue weighted by atomic mass is 79.9. The maximum Gasteiger partial charge on any atom is 0.319 e. The van der Waals surface area contributed by atoms with Crippen LogP contribution in [0.4, 0.5) is 10.5 Å². The molecule has 0 aromatic heterocycles. The lowest BCUT2D eigenvalue weighted by atomic mass is 10.1. The van der Waals surface area contributed by atoms with Crippen molar-refractivity contribution in [2.75, 3.05) is 44.7 Å². The van der Waals surface area contributed by atoms with E-state index in [1.54, 1.807) is 0 Å². The molecule has 1 aliphatic rings. The first-order chi connectivity index (χ1) is 10.1. The summed E-state index contributed by atoms with van der Waals surface area (Å²) in [6.07, 6.45) is 0. The number of urea groups is 1. The second kappa shape index (κ2) is 7.77. The van der Waals surface area contributed by atoms with Crippen molar-refractivity contribution in [2.45, 2.75) is 13.8 Å². The van der Waals surface area contributed by atoms with Crippen molar-refractivity contribution in [1.29, 1.82) is 0 Å². The molecule has 0 atom stereocenters. The molecule has 1 heterocycles. The van der Waals surface area contributed by atoms with Gasteiger partial charge in [-0.2, -0.15) is 0 Å². The lowest BCUT2D eigenvalue weighted by molar-refractivity contribution is 0.0388. The standard InChI is InChI=1S/C15H22BrN3O2/c1-11-9-13(16)10-12(2)14(11)18-15(20)17-3-4-19-5-7-21-8-6-19/h9-10H,3-8H2,1-2H3,(H2,17,18,20). The number of carbonyl (C=O) groups is 1. The monoisotopic (exact) mass is 355 g/mol. The van der Waals surface area contributed by atoms with Crippen LogP contribution in [0.3, 0.4) is 0 Å². The number of anilines is 1. The van der Waals surface area contributed by atoms with E-state index in [2.05, 4.69) is 31.5 Å². The van der Waals surface area contributed by atoms with E-state index >= 15 is 0 Å². The highest BCUT2D eigenvalue weighted by molar-refractivity contribution is 9.10. The van der Waals surface area contributed by atoms with Crippen LogP contribution in [0.25, 0.3) is 0 Å². The smallest absolute Gasteiger partial charge is 0.319 e. The molecule has 2 amide bonds. The largest absolute Gasteiger partial charge is 0.379 e. The highest BCUT2D eigenvalue weighted by Gasteiger charge is 2.11. The fourth-order valence-electron chi connectivity index (χ4n) is 2.42. The number of rotatable bonds is 4. The van der Waals surface area contributed by atoms with E-state index in [1.807, 2.05) is 26.0 Å². The maximum absolute atomic E-state index is 12.0. The van der Waals surface area contributed by atoms with Crippen molar-refractivity contribution >= 4 is 27.6 Å². The van der Waals surface area contributed by atoms with Gasteiger partial charge in [0.1, 0.15) is 0 Å². The Labute approximate surface area is 134 Å². The van der Waals surface area contributed by atoms with Gasteiger partial charge >= 0.3 is 6.03 Å². The van der Waals surface area contributed by atoms with Crippen LogP contribution in [0, 0.1) is 13.8 Å². The molecule has 0 bridgehead atoms. The van der Waals surface area contributed by atoms with E-state index in [0.717, 1.165) is 54.1 Å². The first-order valence-corrected chi connectivity index (χ1v) is 7.97. The first kappa shape index (κ1) is 16.3. The van der Waals surface area contributed by atoms with E-state index in [9.17, 15) is 4.79 Å². The zero-order valence-electron chi connectivity index (χ0n) is 12.5. The molecule has 6 heteroatoms. The Morgan fingerprint density at radius 2 is 1.90 bits per heavy atom. The van der Waals surface area contributed by atoms with Crippen LogP contribution in [-0.4, -0.2) is 50.3 Å². The summed E-state index contributed by atoms with van der Waals surface area (Å²) >= 11 is 3.46. The van der Waals surface area contributed by atoms with Gasteiger partial charge in [-0.05, 0) is 37.1 Å². The van der Waals surface area contributed by atoms with Crippen LogP contribution in [-0.2, 0) is 4.74 Å². The van der Waals surface area contributed by atoms with E-state index < -0.39 is 0 Å². The number of carbonyl (C=O) groups excluding carboxylic acids is 1. The second-order valence-corrected chi connectivity index (χ2v) is 6.17. The molecule has 0 radical (unpaired) electrons. The van der Waals surface area contributed by atoms with Crippen molar-refractivity contribution in [3.63, 3.8) is 0 Å². The Morgan fingerprint density at radius 3 is 2.52 bits per heavy atom. The number of hydrogen-bond donors (Lipinski definition) is 2. The van der Waals surface area contributed by atoms with Crippen LogP contribution in [0.2, 0.25) is 0 Å². The van der Waals surface area contributed by atoms with E-state index in [4.69, 9.17) is 4.74 Å². The van der Waals surface area contributed by atoms with Gasteiger partial charge in [0.2, 0.25) is 0 Å². The maximum atomic E-state index is 12.0. The quantitative estimate of drug-likeness (QED) is 0.872. The number of aryl methyl sites for hydroxylation is 2. The summed E-state index contributed by atoms with van der Waals surface area (Å²) in [6, 6.07) is 3.84. The Balaban J connectivity index is 1.79. The molecule has 2 N–H and O–H groups in total. The summed E-state index contributed by atoms with van der Waals surface area (Å²) in [5, 5.41) is 5.83. The number of nitrogens with one attached hydrogen (secondary N) is 2. The third-order valence-electron chi connectivity index (χ3n) is 3.55. The zero-order chi connectivity index (χ0) is 15.2. The minimum Gasteiger partial charge on any atom is -0.379 e. The third kappa shape index (κ3) is 4.98. The number of amides is 2. The summed E-state index contributed by atoms with van der Waals surface area (Å²) in [4.78, 5) is 14.3. The molecule has 0 spiro atoms. The number of benzene rings is 1. The number of nitrogens with zero attached hydrogens (tertiary/aromatic N) is 1. The molecular weight excluding hydrogens is 334 g/mol. The van der Waals surface area contributed by atoms with Crippen molar-refractivity contribution < 1.29 is 9.53 Å².